The number of nitrogens with two attached hydrogens (primary N) is 1. The van der Waals surface area contributed by atoms with Crippen LogP contribution in [-0.4, -0.2) is 31.5 Å². The molecule has 1 aromatic carbocycles. The monoisotopic (exact) mass is 374 g/mol. The van der Waals surface area contributed by atoms with E-state index in [1.54, 1.807) is 18.3 Å². The zero-order chi connectivity index (χ0) is 17.8. The zero-order valence-corrected chi connectivity index (χ0v) is 14.9. The van der Waals surface area contributed by atoms with E-state index in [9.17, 15) is 4.79 Å². The molecule has 2 aromatic heterocycles. The number of hydrogen-bond donors (Lipinski definition) is 2. The summed E-state index contributed by atoms with van der Waals surface area (Å²) in [6, 6.07) is 10.9. The van der Waals surface area contributed by atoms with Crippen LogP contribution in [0, 0.1) is 6.92 Å². The number of aromatic nitrogens is 4. The predicted octanol–water partition coefficient (Wildman–Crippen LogP) is 2.75. The molecule has 0 bridgehead atoms. The SMILES string of the molecule is Cc1cccnc1NC(=O)CSc1nnc(-c2ccccc2Cl)n1N. The van der Waals surface area contributed by atoms with Crippen LogP contribution in [0.1, 0.15) is 5.56 Å². The number of halogens is 1. The highest BCUT2D eigenvalue weighted by molar-refractivity contribution is 7.99. The lowest BCUT2D eigenvalue weighted by Crippen LogP contribution is -2.17. The Hall–Kier alpha value is -2.58. The van der Waals surface area contributed by atoms with E-state index in [0.717, 1.165) is 5.56 Å². The van der Waals surface area contributed by atoms with Gasteiger partial charge in [-0.1, -0.05) is 41.6 Å². The minimum absolute atomic E-state index is 0.133. The van der Waals surface area contributed by atoms with E-state index in [1.165, 1.54) is 16.4 Å². The Morgan fingerprint density at radius 1 is 1.28 bits per heavy atom. The van der Waals surface area contributed by atoms with Crippen molar-refractivity contribution in [2.24, 2.45) is 0 Å². The zero-order valence-electron chi connectivity index (χ0n) is 13.3. The molecule has 0 aliphatic rings. The molecule has 9 heteroatoms. The number of carbonyl (C=O) groups excluding carboxylic acids is 1. The van der Waals surface area contributed by atoms with E-state index in [4.69, 9.17) is 17.4 Å². The average Bonchev–Trinajstić information content (AvgIpc) is 2.96. The van der Waals surface area contributed by atoms with E-state index in [1.807, 2.05) is 31.2 Å². The second kappa shape index (κ2) is 7.54. The van der Waals surface area contributed by atoms with Crippen LogP contribution in [0.25, 0.3) is 11.4 Å². The van der Waals surface area contributed by atoms with E-state index >= 15 is 0 Å². The first-order chi connectivity index (χ1) is 12.1. The fraction of sp³-hybridized carbons (Fsp3) is 0.125. The number of hydrogen-bond acceptors (Lipinski definition) is 6. The molecule has 0 spiro atoms. The maximum Gasteiger partial charge on any atom is 0.236 e. The van der Waals surface area contributed by atoms with E-state index < -0.39 is 0 Å². The summed E-state index contributed by atoms with van der Waals surface area (Å²) in [4.78, 5) is 16.2. The van der Waals surface area contributed by atoms with Gasteiger partial charge in [-0.15, -0.1) is 10.2 Å². The number of nitrogens with zero attached hydrogens (tertiary/aromatic N) is 4. The summed E-state index contributed by atoms with van der Waals surface area (Å²) < 4.78 is 1.32. The van der Waals surface area contributed by atoms with Crippen molar-refractivity contribution in [3.05, 3.63) is 53.2 Å². The van der Waals surface area contributed by atoms with Gasteiger partial charge in [-0.05, 0) is 30.7 Å². The second-order valence-corrected chi connectivity index (χ2v) is 6.51. The minimum atomic E-state index is -0.200. The van der Waals surface area contributed by atoms with Crippen molar-refractivity contribution in [2.75, 3.05) is 16.9 Å². The number of benzene rings is 1. The van der Waals surface area contributed by atoms with Gasteiger partial charge in [-0.3, -0.25) is 4.79 Å². The van der Waals surface area contributed by atoms with Gasteiger partial charge < -0.3 is 11.2 Å². The molecule has 7 nitrogen and oxygen atoms in total. The van der Waals surface area contributed by atoms with Crippen LogP contribution in [-0.2, 0) is 4.79 Å². The topological polar surface area (TPSA) is 98.7 Å². The van der Waals surface area contributed by atoms with Crippen molar-refractivity contribution in [3.8, 4) is 11.4 Å². The summed E-state index contributed by atoms with van der Waals surface area (Å²) in [5.41, 5.74) is 1.57. The summed E-state index contributed by atoms with van der Waals surface area (Å²) >= 11 is 7.34. The maximum absolute atomic E-state index is 12.1. The Balaban J connectivity index is 1.67. The van der Waals surface area contributed by atoms with E-state index in [-0.39, 0.29) is 11.7 Å². The van der Waals surface area contributed by atoms with Gasteiger partial charge in [-0.2, -0.15) is 0 Å². The normalized spacial score (nSPS) is 10.6. The lowest BCUT2D eigenvalue weighted by Gasteiger charge is -2.07. The standard InChI is InChI=1S/C16H15ClN6OS/c1-10-5-4-8-19-14(10)20-13(24)9-25-16-22-21-15(23(16)18)11-6-2-3-7-12(11)17/h2-8H,9,18H2,1H3,(H,19,20,24). The summed E-state index contributed by atoms with van der Waals surface area (Å²) in [5.74, 6) is 6.95. The highest BCUT2D eigenvalue weighted by Crippen LogP contribution is 2.27. The first kappa shape index (κ1) is 17.2. The first-order valence-corrected chi connectivity index (χ1v) is 8.72. The quantitative estimate of drug-likeness (QED) is 0.526. The Bertz CT molecular complexity index is 913. The lowest BCUT2D eigenvalue weighted by atomic mass is 10.2. The van der Waals surface area contributed by atoms with E-state index in [0.29, 0.717) is 27.4 Å². The Morgan fingerprint density at radius 2 is 2.08 bits per heavy atom. The Kier molecular flexibility index (Phi) is 5.20. The van der Waals surface area contributed by atoms with Crippen LogP contribution in [0.2, 0.25) is 5.02 Å². The van der Waals surface area contributed by atoms with Crippen LogP contribution in [0.3, 0.4) is 0 Å². The molecule has 128 valence electrons. The highest BCUT2D eigenvalue weighted by Gasteiger charge is 2.16. The van der Waals surface area contributed by atoms with Gasteiger partial charge in [0.1, 0.15) is 5.82 Å². The third kappa shape index (κ3) is 3.92. The Labute approximate surface area is 153 Å². The number of nitrogens with one attached hydrogen (secondary N) is 1. The lowest BCUT2D eigenvalue weighted by molar-refractivity contribution is -0.113. The van der Waals surface area contributed by atoms with Crippen LogP contribution < -0.4 is 11.2 Å². The van der Waals surface area contributed by atoms with E-state index in [2.05, 4.69) is 20.5 Å². The van der Waals surface area contributed by atoms with Crippen LogP contribution in [0.4, 0.5) is 5.82 Å². The molecule has 0 radical (unpaired) electrons. The van der Waals surface area contributed by atoms with Crippen molar-refractivity contribution in [3.63, 3.8) is 0 Å². The third-order valence-corrected chi connectivity index (χ3v) is 4.65. The minimum Gasteiger partial charge on any atom is -0.335 e. The largest absolute Gasteiger partial charge is 0.335 e. The summed E-state index contributed by atoms with van der Waals surface area (Å²) in [5, 5.41) is 11.8. The highest BCUT2D eigenvalue weighted by atomic mass is 35.5. The number of pyridine rings is 1. The van der Waals surface area contributed by atoms with Gasteiger partial charge in [-0.25, -0.2) is 9.66 Å². The van der Waals surface area contributed by atoms with Gasteiger partial charge in [0.05, 0.1) is 10.8 Å². The number of carbonyl (C=O) groups is 1. The number of thioether (sulfide) groups is 1. The fourth-order valence-corrected chi connectivity index (χ4v) is 2.99. The molecule has 1 amide bonds. The van der Waals surface area contributed by atoms with Crippen molar-refractivity contribution in [2.45, 2.75) is 12.1 Å². The van der Waals surface area contributed by atoms with Crippen molar-refractivity contribution < 1.29 is 4.79 Å². The summed E-state index contributed by atoms with van der Waals surface area (Å²) in [7, 11) is 0. The fourth-order valence-electron chi connectivity index (χ4n) is 2.12. The number of amides is 1. The molecule has 0 saturated heterocycles. The van der Waals surface area contributed by atoms with Gasteiger partial charge in [0, 0.05) is 11.8 Å². The van der Waals surface area contributed by atoms with Gasteiger partial charge >= 0.3 is 0 Å². The van der Waals surface area contributed by atoms with Crippen LogP contribution in [0.15, 0.2) is 47.8 Å². The number of nitrogen functional groups attached to an aromatic ring is 1. The van der Waals surface area contributed by atoms with Gasteiger partial charge in [0.2, 0.25) is 11.1 Å². The van der Waals surface area contributed by atoms with Crippen molar-refractivity contribution in [1.29, 1.82) is 0 Å². The van der Waals surface area contributed by atoms with Gasteiger partial charge in [0.15, 0.2) is 5.82 Å². The number of aryl methyl sites for hydroxylation is 1. The molecule has 0 unspecified atom stereocenters. The molecule has 0 fully saturated rings. The molecule has 3 aromatic rings. The van der Waals surface area contributed by atoms with Crippen LogP contribution in [0.5, 0.6) is 0 Å². The molecule has 25 heavy (non-hydrogen) atoms. The molecule has 3 rings (SSSR count). The van der Waals surface area contributed by atoms with Crippen molar-refractivity contribution in [1.82, 2.24) is 19.9 Å². The van der Waals surface area contributed by atoms with Gasteiger partial charge in [0.25, 0.3) is 0 Å². The maximum atomic E-state index is 12.1. The Morgan fingerprint density at radius 3 is 2.84 bits per heavy atom. The second-order valence-electron chi connectivity index (χ2n) is 5.16. The molecular formula is C16H15ClN6OS. The molecule has 3 N–H and O–H groups in total. The molecule has 0 aliphatic heterocycles. The first-order valence-electron chi connectivity index (χ1n) is 7.36. The number of rotatable bonds is 5. The van der Waals surface area contributed by atoms with Crippen molar-refractivity contribution >= 4 is 35.1 Å². The smallest absolute Gasteiger partial charge is 0.236 e. The molecule has 0 saturated carbocycles. The predicted molar refractivity (Wildman–Crippen MR) is 98.9 cm³/mol. The molecule has 0 aliphatic carbocycles. The third-order valence-electron chi connectivity index (χ3n) is 3.38. The summed E-state index contributed by atoms with van der Waals surface area (Å²) in [6.45, 7) is 1.88. The number of anilines is 1. The average molecular weight is 375 g/mol. The molecular weight excluding hydrogens is 360 g/mol. The molecule has 2 heterocycles. The summed E-state index contributed by atoms with van der Waals surface area (Å²) in [6.07, 6.45) is 1.63. The molecule has 0 atom stereocenters. The van der Waals surface area contributed by atoms with Crippen LogP contribution >= 0.6 is 23.4 Å².